The van der Waals surface area contributed by atoms with Crippen molar-refractivity contribution in [1.29, 1.82) is 0 Å². The lowest BCUT2D eigenvalue weighted by molar-refractivity contribution is -0.385. The molecule has 0 aliphatic carbocycles. The standard InChI is InChI=1S/C20H29N3O7/c1-6-29-17-12-15(23(26)27)14(11-16(17)28-5)18(24)22-9-7-13(8-10-22)21-19(25)30-20(2,3)4/h11-13H,6-10H2,1-5H3,(H,21,25). The third-order valence-corrected chi connectivity index (χ3v) is 4.51. The van der Waals surface area contributed by atoms with E-state index < -0.39 is 22.5 Å². The molecule has 2 amide bonds. The summed E-state index contributed by atoms with van der Waals surface area (Å²) in [6.45, 7) is 8.11. The minimum Gasteiger partial charge on any atom is -0.493 e. The van der Waals surface area contributed by atoms with Gasteiger partial charge in [-0.2, -0.15) is 0 Å². The number of rotatable bonds is 6. The Morgan fingerprint density at radius 2 is 1.87 bits per heavy atom. The van der Waals surface area contributed by atoms with Crippen molar-refractivity contribution in [3.05, 3.63) is 27.8 Å². The number of benzene rings is 1. The molecule has 166 valence electrons. The van der Waals surface area contributed by atoms with Gasteiger partial charge in [-0.05, 0) is 40.5 Å². The van der Waals surface area contributed by atoms with Crippen LogP contribution in [-0.2, 0) is 4.74 Å². The van der Waals surface area contributed by atoms with Crippen molar-refractivity contribution in [3.63, 3.8) is 0 Å². The number of hydrogen-bond acceptors (Lipinski definition) is 7. The van der Waals surface area contributed by atoms with Gasteiger partial charge in [0.05, 0.1) is 24.7 Å². The molecule has 0 aromatic heterocycles. The number of hydrogen-bond donors (Lipinski definition) is 1. The van der Waals surface area contributed by atoms with Crippen LogP contribution >= 0.6 is 0 Å². The number of nitro groups is 1. The molecule has 0 radical (unpaired) electrons. The van der Waals surface area contributed by atoms with Gasteiger partial charge in [0.1, 0.15) is 11.2 Å². The maximum atomic E-state index is 13.0. The average molecular weight is 423 g/mol. The summed E-state index contributed by atoms with van der Waals surface area (Å²) in [5, 5.41) is 14.3. The molecular weight excluding hydrogens is 394 g/mol. The predicted molar refractivity (Wildman–Crippen MR) is 109 cm³/mol. The summed E-state index contributed by atoms with van der Waals surface area (Å²) in [5.41, 5.74) is -0.982. The Balaban J connectivity index is 2.11. The van der Waals surface area contributed by atoms with Crippen molar-refractivity contribution in [2.75, 3.05) is 26.8 Å². The molecule has 2 rings (SSSR count). The molecule has 1 aromatic carbocycles. The highest BCUT2D eigenvalue weighted by atomic mass is 16.6. The zero-order chi connectivity index (χ0) is 22.5. The second-order valence-corrected chi connectivity index (χ2v) is 7.92. The van der Waals surface area contributed by atoms with Crippen LogP contribution in [0.1, 0.15) is 50.9 Å². The lowest BCUT2D eigenvalue weighted by atomic mass is 10.0. The summed E-state index contributed by atoms with van der Waals surface area (Å²) in [6.07, 6.45) is 0.541. The normalized spacial score (nSPS) is 14.8. The molecule has 1 aliphatic heterocycles. The number of methoxy groups -OCH3 is 1. The fraction of sp³-hybridized carbons (Fsp3) is 0.600. The second kappa shape index (κ2) is 9.64. The predicted octanol–water partition coefficient (Wildman–Crippen LogP) is 3.13. The van der Waals surface area contributed by atoms with Gasteiger partial charge in [-0.1, -0.05) is 0 Å². The van der Waals surface area contributed by atoms with E-state index in [0.29, 0.717) is 32.5 Å². The Morgan fingerprint density at radius 1 is 1.23 bits per heavy atom. The minimum atomic E-state index is -0.605. The van der Waals surface area contributed by atoms with Crippen LogP contribution in [0.3, 0.4) is 0 Å². The highest BCUT2D eigenvalue weighted by Gasteiger charge is 2.31. The average Bonchev–Trinajstić information content (AvgIpc) is 2.66. The van der Waals surface area contributed by atoms with E-state index in [1.165, 1.54) is 24.1 Å². The quantitative estimate of drug-likeness (QED) is 0.551. The lowest BCUT2D eigenvalue weighted by Gasteiger charge is -2.33. The number of nitrogens with one attached hydrogen (secondary N) is 1. The first kappa shape index (κ1) is 23.2. The van der Waals surface area contributed by atoms with Crippen molar-refractivity contribution < 1.29 is 28.7 Å². The summed E-state index contributed by atoms with van der Waals surface area (Å²) < 4.78 is 15.9. The van der Waals surface area contributed by atoms with E-state index in [4.69, 9.17) is 14.2 Å². The number of piperidine rings is 1. The van der Waals surface area contributed by atoms with Crippen LogP contribution in [-0.4, -0.2) is 60.3 Å². The van der Waals surface area contributed by atoms with Crippen LogP contribution in [0.25, 0.3) is 0 Å². The number of likely N-dealkylation sites (tertiary alicyclic amines) is 1. The first-order chi connectivity index (χ1) is 14.1. The Kier molecular flexibility index (Phi) is 7.47. The second-order valence-electron chi connectivity index (χ2n) is 7.92. The molecule has 0 atom stereocenters. The number of amides is 2. The summed E-state index contributed by atoms with van der Waals surface area (Å²) in [5.74, 6) is 0.00886. The molecular formula is C20H29N3O7. The van der Waals surface area contributed by atoms with E-state index in [2.05, 4.69) is 5.32 Å². The monoisotopic (exact) mass is 423 g/mol. The fourth-order valence-electron chi connectivity index (χ4n) is 3.17. The first-order valence-corrected chi connectivity index (χ1v) is 9.83. The van der Waals surface area contributed by atoms with Gasteiger partial charge < -0.3 is 24.4 Å². The lowest BCUT2D eigenvalue weighted by Crippen LogP contribution is -2.47. The molecule has 30 heavy (non-hydrogen) atoms. The van der Waals surface area contributed by atoms with Crippen molar-refractivity contribution >= 4 is 17.7 Å². The van der Waals surface area contributed by atoms with E-state index in [0.717, 1.165) is 0 Å². The molecule has 0 spiro atoms. The van der Waals surface area contributed by atoms with Crippen molar-refractivity contribution in [1.82, 2.24) is 10.2 Å². The number of alkyl carbamates (subject to hydrolysis) is 1. The Bertz CT molecular complexity index is 796. The van der Waals surface area contributed by atoms with E-state index in [9.17, 15) is 19.7 Å². The number of carbonyl (C=O) groups excluding carboxylic acids is 2. The molecule has 10 heteroatoms. The van der Waals surface area contributed by atoms with Crippen LogP contribution < -0.4 is 14.8 Å². The van der Waals surface area contributed by atoms with Gasteiger partial charge >= 0.3 is 6.09 Å². The van der Waals surface area contributed by atoms with Crippen LogP contribution in [0.4, 0.5) is 10.5 Å². The maximum Gasteiger partial charge on any atom is 0.407 e. The van der Waals surface area contributed by atoms with E-state index in [1.54, 1.807) is 27.7 Å². The summed E-state index contributed by atoms with van der Waals surface area (Å²) in [4.78, 5) is 37.4. The van der Waals surface area contributed by atoms with E-state index in [-0.39, 0.29) is 28.8 Å². The van der Waals surface area contributed by atoms with Gasteiger partial charge in [0.15, 0.2) is 11.5 Å². The van der Waals surface area contributed by atoms with Gasteiger partial charge in [0.2, 0.25) is 0 Å². The topological polar surface area (TPSA) is 120 Å². The Hall–Kier alpha value is -3.04. The first-order valence-electron chi connectivity index (χ1n) is 9.83. The number of carbonyl (C=O) groups is 2. The summed E-state index contributed by atoms with van der Waals surface area (Å²) >= 11 is 0. The van der Waals surface area contributed by atoms with Crippen LogP contribution in [0, 0.1) is 10.1 Å². The summed E-state index contributed by atoms with van der Waals surface area (Å²) in [6, 6.07) is 2.43. The van der Waals surface area contributed by atoms with Gasteiger partial charge in [0, 0.05) is 25.2 Å². The molecule has 1 saturated heterocycles. The molecule has 1 heterocycles. The Morgan fingerprint density at radius 3 is 2.37 bits per heavy atom. The molecule has 0 bridgehead atoms. The maximum absolute atomic E-state index is 13.0. The highest BCUT2D eigenvalue weighted by molar-refractivity contribution is 5.99. The minimum absolute atomic E-state index is 0.0566. The largest absolute Gasteiger partial charge is 0.493 e. The zero-order valence-electron chi connectivity index (χ0n) is 18.0. The van der Waals surface area contributed by atoms with Gasteiger partial charge in [-0.25, -0.2) is 4.79 Å². The zero-order valence-corrected chi connectivity index (χ0v) is 18.0. The van der Waals surface area contributed by atoms with E-state index in [1.807, 2.05) is 0 Å². The van der Waals surface area contributed by atoms with Crippen LogP contribution in [0.15, 0.2) is 12.1 Å². The molecule has 1 N–H and O–H groups in total. The van der Waals surface area contributed by atoms with Gasteiger partial charge in [-0.3, -0.25) is 14.9 Å². The highest BCUT2D eigenvalue weighted by Crippen LogP contribution is 2.35. The number of nitro benzene ring substituents is 1. The van der Waals surface area contributed by atoms with Crippen LogP contribution in [0.5, 0.6) is 11.5 Å². The van der Waals surface area contributed by atoms with E-state index >= 15 is 0 Å². The van der Waals surface area contributed by atoms with Crippen molar-refractivity contribution in [2.45, 2.75) is 52.2 Å². The van der Waals surface area contributed by atoms with Gasteiger partial charge in [0.25, 0.3) is 11.6 Å². The number of ether oxygens (including phenoxy) is 3. The van der Waals surface area contributed by atoms with Crippen molar-refractivity contribution in [3.8, 4) is 11.5 Å². The smallest absolute Gasteiger partial charge is 0.407 e. The van der Waals surface area contributed by atoms with Crippen molar-refractivity contribution in [2.24, 2.45) is 0 Å². The molecule has 1 aromatic rings. The van der Waals surface area contributed by atoms with Gasteiger partial charge in [-0.15, -0.1) is 0 Å². The molecule has 0 unspecified atom stereocenters. The molecule has 1 aliphatic rings. The molecule has 1 fully saturated rings. The molecule has 0 saturated carbocycles. The SMILES string of the molecule is CCOc1cc([N+](=O)[O-])c(C(=O)N2CCC(NC(=O)OC(C)(C)C)CC2)cc1OC. The van der Waals surface area contributed by atoms with Crippen LogP contribution in [0.2, 0.25) is 0 Å². The third-order valence-electron chi connectivity index (χ3n) is 4.51. The third kappa shape index (κ3) is 5.98. The number of nitrogens with zero attached hydrogens (tertiary/aromatic N) is 2. The summed E-state index contributed by atoms with van der Waals surface area (Å²) in [7, 11) is 1.41. The fourth-order valence-corrected chi connectivity index (χ4v) is 3.17. The molecule has 10 nitrogen and oxygen atoms in total. The Labute approximate surface area is 175 Å².